The first-order valence-electron chi connectivity index (χ1n) is 22.3. The summed E-state index contributed by atoms with van der Waals surface area (Å²) in [5.74, 6) is -0.561. The molecule has 386 valence electrons. The van der Waals surface area contributed by atoms with Crippen LogP contribution in [0.5, 0.6) is 34.5 Å². The molecule has 0 aliphatic carbocycles. The molecule has 0 atom stereocenters. The van der Waals surface area contributed by atoms with E-state index in [0.29, 0.717) is 64.8 Å². The molecule has 3 amide bonds. The quantitative estimate of drug-likeness (QED) is 0.101. The van der Waals surface area contributed by atoms with Crippen LogP contribution in [-0.2, 0) is 4.74 Å². The number of aromatic nitrogens is 8. The van der Waals surface area contributed by atoms with Gasteiger partial charge in [-0.15, -0.1) is 46.7 Å². The number of morpholine rings is 1. The minimum atomic E-state index is -4.84. The number of amides is 3. The Balaban J connectivity index is 0.000000211. The Kier molecular flexibility index (Phi) is 16.1. The molecule has 0 saturated carbocycles. The van der Waals surface area contributed by atoms with Crippen molar-refractivity contribution < 1.29 is 64.4 Å². The van der Waals surface area contributed by atoms with E-state index >= 15 is 0 Å². The zero-order valence-electron chi connectivity index (χ0n) is 39.3. The molecule has 0 unspecified atom stereocenters. The number of hydrogen-bond donors (Lipinski definition) is 1. The van der Waals surface area contributed by atoms with Gasteiger partial charge in [0.15, 0.2) is 0 Å². The van der Waals surface area contributed by atoms with Crippen LogP contribution in [-0.4, -0.2) is 134 Å². The second kappa shape index (κ2) is 23.1. The van der Waals surface area contributed by atoms with E-state index in [9.17, 15) is 40.7 Å². The van der Waals surface area contributed by atoms with Crippen molar-refractivity contribution in [1.82, 2.24) is 50.1 Å². The number of pyridine rings is 2. The Labute approximate surface area is 420 Å². The number of alkyl halides is 6. The van der Waals surface area contributed by atoms with E-state index in [1.54, 1.807) is 85.0 Å². The van der Waals surface area contributed by atoms with Gasteiger partial charge in [0.25, 0.3) is 23.7 Å². The number of anilines is 2. The van der Waals surface area contributed by atoms with Crippen LogP contribution < -0.4 is 29.2 Å². The Bertz CT molecular complexity index is 3280. The van der Waals surface area contributed by atoms with Gasteiger partial charge in [-0.1, -0.05) is 0 Å². The predicted octanol–water partition coefficient (Wildman–Crippen LogP) is 8.15. The van der Waals surface area contributed by atoms with E-state index in [4.69, 9.17) is 14.2 Å². The topological polar surface area (TPSA) is 222 Å². The maximum absolute atomic E-state index is 13.0. The zero-order chi connectivity index (χ0) is 53.1. The number of halogens is 6. The summed E-state index contributed by atoms with van der Waals surface area (Å²) in [6, 6.07) is 25.4. The average Bonchev–Trinajstić information content (AvgIpc) is 3.39. The Hall–Kier alpha value is -9.17. The smallest absolute Gasteiger partial charge is 0.457 e. The standard InChI is InChI=1S/C29H28F3N7O5.C20H12F3N5O3/c1-37(11-12-39-13-15-42-16-14-39)27(41)25-18-22(9-10-33-25)43-21-7-8-23-24(17-21)34-28(36-35-23)38(2)26(40)19-3-5-20(6-4-19)44-29(30,31)32;21-20(22,23)31-14-3-1-12(2-4-14)18(29)26-19-25-17-11-15(5-6-16(17)27-28-19)30-13-7-9-24-10-8-13/h3-10,17-18H,11-16H2,1-2H3;1-11H,(H,25,26,28,29). The number of hydrogen-bond acceptors (Lipinski definition) is 17. The van der Waals surface area contributed by atoms with Crippen molar-refractivity contribution in [3.63, 3.8) is 0 Å². The fraction of sp³-hybridized carbons (Fsp3) is 0.204. The molecule has 4 aromatic carbocycles. The second-order valence-electron chi connectivity index (χ2n) is 16.0. The van der Waals surface area contributed by atoms with E-state index in [1.165, 1.54) is 37.5 Å². The zero-order valence-corrected chi connectivity index (χ0v) is 39.3. The molecular formula is C49H40F6N12O8. The summed E-state index contributed by atoms with van der Waals surface area (Å²) < 4.78 is 98.7. The SMILES string of the molecule is CN(CCN1CCOCC1)C(=O)c1cc(Oc2ccc3nnc(N(C)C(=O)c4ccc(OC(F)(F)F)cc4)nc3c2)ccn1.O=C(Nc1nnc2ccc(Oc3ccncc3)cc2n1)c1ccc(OC(F)(F)F)cc1. The van der Waals surface area contributed by atoms with Gasteiger partial charge >= 0.3 is 12.7 Å². The number of rotatable bonds is 14. The lowest BCUT2D eigenvalue weighted by Gasteiger charge is -2.28. The number of benzene rings is 4. The van der Waals surface area contributed by atoms with Crippen LogP contribution >= 0.6 is 0 Å². The monoisotopic (exact) mass is 1040 g/mol. The first kappa shape index (κ1) is 52.2. The summed E-state index contributed by atoms with van der Waals surface area (Å²) in [6.07, 6.45) is -4.98. The fourth-order valence-corrected chi connectivity index (χ4v) is 6.89. The molecule has 75 heavy (non-hydrogen) atoms. The van der Waals surface area contributed by atoms with Crippen LogP contribution in [0.1, 0.15) is 31.2 Å². The molecular weight excluding hydrogens is 999 g/mol. The van der Waals surface area contributed by atoms with E-state index in [-0.39, 0.29) is 34.6 Å². The summed E-state index contributed by atoms with van der Waals surface area (Å²) >= 11 is 0. The maximum Gasteiger partial charge on any atom is 0.573 e. The van der Waals surface area contributed by atoms with Gasteiger partial charge in [-0.3, -0.25) is 39.5 Å². The molecule has 1 fully saturated rings. The van der Waals surface area contributed by atoms with Crippen LogP contribution in [0.3, 0.4) is 0 Å². The number of ether oxygens (including phenoxy) is 5. The molecule has 0 bridgehead atoms. The Morgan fingerprint density at radius 2 is 1.13 bits per heavy atom. The molecule has 1 saturated heterocycles. The van der Waals surface area contributed by atoms with Gasteiger partial charge in [0.05, 0.1) is 24.2 Å². The summed E-state index contributed by atoms with van der Waals surface area (Å²) in [7, 11) is 3.14. The molecule has 4 aromatic heterocycles. The maximum atomic E-state index is 13.0. The number of nitrogens with one attached hydrogen (secondary N) is 1. The van der Waals surface area contributed by atoms with Gasteiger partial charge in [0.1, 0.15) is 51.2 Å². The molecule has 1 aliphatic rings. The van der Waals surface area contributed by atoms with Crippen LogP contribution in [0.2, 0.25) is 0 Å². The Morgan fingerprint density at radius 3 is 1.75 bits per heavy atom. The summed E-state index contributed by atoms with van der Waals surface area (Å²) in [6.45, 7) is 4.32. The highest BCUT2D eigenvalue weighted by Gasteiger charge is 2.32. The van der Waals surface area contributed by atoms with Gasteiger partial charge in [-0.2, -0.15) is 0 Å². The van der Waals surface area contributed by atoms with Gasteiger partial charge in [-0.25, -0.2) is 9.97 Å². The fourth-order valence-electron chi connectivity index (χ4n) is 6.89. The van der Waals surface area contributed by atoms with Crippen molar-refractivity contribution in [2.24, 2.45) is 0 Å². The van der Waals surface area contributed by atoms with Crippen molar-refractivity contribution in [2.45, 2.75) is 12.7 Å². The van der Waals surface area contributed by atoms with Crippen LogP contribution in [0.25, 0.3) is 22.1 Å². The molecule has 0 radical (unpaired) electrons. The van der Waals surface area contributed by atoms with Crippen molar-refractivity contribution >= 4 is 51.7 Å². The number of fused-ring (bicyclic) bond motifs is 2. The lowest BCUT2D eigenvalue weighted by Crippen LogP contribution is -2.42. The van der Waals surface area contributed by atoms with E-state index in [2.05, 4.69) is 60.0 Å². The Morgan fingerprint density at radius 1 is 0.600 bits per heavy atom. The molecule has 0 spiro atoms. The van der Waals surface area contributed by atoms with Crippen molar-refractivity contribution in [3.8, 4) is 34.5 Å². The second-order valence-corrected chi connectivity index (χ2v) is 16.0. The normalized spacial score (nSPS) is 12.7. The summed E-state index contributed by atoms with van der Waals surface area (Å²) in [5.41, 5.74) is 2.12. The van der Waals surface area contributed by atoms with Crippen LogP contribution in [0.4, 0.5) is 38.2 Å². The van der Waals surface area contributed by atoms with E-state index in [0.717, 1.165) is 48.8 Å². The van der Waals surface area contributed by atoms with E-state index in [1.807, 2.05) is 0 Å². The first-order chi connectivity index (χ1) is 35.9. The molecule has 26 heteroatoms. The molecule has 20 nitrogen and oxygen atoms in total. The molecule has 8 aromatic rings. The largest absolute Gasteiger partial charge is 0.573 e. The minimum absolute atomic E-state index is 0.0350. The third kappa shape index (κ3) is 14.7. The van der Waals surface area contributed by atoms with Crippen LogP contribution in [0, 0.1) is 0 Å². The minimum Gasteiger partial charge on any atom is -0.457 e. The van der Waals surface area contributed by atoms with Crippen LogP contribution in [0.15, 0.2) is 128 Å². The molecule has 1 N–H and O–H groups in total. The molecule has 5 heterocycles. The highest BCUT2D eigenvalue weighted by Crippen LogP contribution is 2.28. The summed E-state index contributed by atoms with van der Waals surface area (Å²) in [5, 5.41) is 18.4. The van der Waals surface area contributed by atoms with Crippen molar-refractivity contribution in [1.29, 1.82) is 0 Å². The summed E-state index contributed by atoms with van der Waals surface area (Å²) in [4.78, 5) is 60.0. The number of nitrogens with zero attached hydrogens (tertiary/aromatic N) is 11. The lowest BCUT2D eigenvalue weighted by atomic mass is 10.2. The highest BCUT2D eigenvalue weighted by molar-refractivity contribution is 6.05. The lowest BCUT2D eigenvalue weighted by molar-refractivity contribution is -0.275. The first-order valence-corrected chi connectivity index (χ1v) is 22.3. The average molecular weight is 1040 g/mol. The van der Waals surface area contributed by atoms with Gasteiger partial charge in [-0.05, 0) is 91.0 Å². The van der Waals surface area contributed by atoms with E-state index < -0.39 is 36.0 Å². The third-order valence-electron chi connectivity index (χ3n) is 10.6. The van der Waals surface area contributed by atoms with Crippen molar-refractivity contribution in [2.75, 3.05) is 63.7 Å². The van der Waals surface area contributed by atoms with Gasteiger partial charge in [0.2, 0.25) is 5.95 Å². The van der Waals surface area contributed by atoms with Gasteiger partial charge < -0.3 is 28.6 Å². The molecule has 1 aliphatic heterocycles. The number of carbonyl (C=O) groups excluding carboxylic acids is 3. The number of carbonyl (C=O) groups is 3. The number of likely N-dealkylation sites (N-methyl/N-ethyl adjacent to an activating group) is 1. The highest BCUT2D eigenvalue weighted by atomic mass is 19.4. The molecule has 9 rings (SSSR count). The predicted molar refractivity (Wildman–Crippen MR) is 254 cm³/mol. The van der Waals surface area contributed by atoms with Gasteiger partial charge in [0, 0.05) is 88.2 Å². The third-order valence-corrected chi connectivity index (χ3v) is 10.6. The van der Waals surface area contributed by atoms with Crippen molar-refractivity contribution in [3.05, 3.63) is 145 Å².